The number of sulfonamides is 1. The summed E-state index contributed by atoms with van der Waals surface area (Å²) < 4.78 is 37.1. The van der Waals surface area contributed by atoms with Crippen LogP contribution in [0.15, 0.2) is 53.4 Å². The van der Waals surface area contributed by atoms with Gasteiger partial charge in [0, 0.05) is 0 Å². The third-order valence-electron chi connectivity index (χ3n) is 4.00. The Morgan fingerprint density at radius 1 is 0.963 bits per heavy atom. The van der Waals surface area contributed by atoms with Crippen LogP contribution in [0, 0.1) is 0 Å². The lowest BCUT2D eigenvalue weighted by Crippen LogP contribution is -2.37. The quantitative estimate of drug-likeness (QED) is 0.673. The molecule has 0 N–H and O–H groups in total. The van der Waals surface area contributed by atoms with Gasteiger partial charge in [-0.1, -0.05) is 37.3 Å². The van der Waals surface area contributed by atoms with Gasteiger partial charge < -0.3 is 9.47 Å². The van der Waals surface area contributed by atoms with Crippen molar-refractivity contribution in [2.75, 3.05) is 25.1 Å². The predicted octanol–water partition coefficient (Wildman–Crippen LogP) is 2.40. The van der Waals surface area contributed by atoms with Crippen molar-refractivity contribution < 1.29 is 27.5 Å². The largest absolute Gasteiger partial charge is 0.468 e. The number of para-hydroxylation sites is 1. The van der Waals surface area contributed by atoms with E-state index in [1.54, 1.807) is 24.3 Å². The zero-order chi connectivity index (χ0) is 20.0. The molecule has 0 radical (unpaired) electrons. The van der Waals surface area contributed by atoms with Gasteiger partial charge in [0.25, 0.3) is 10.0 Å². The minimum atomic E-state index is -4.25. The van der Waals surface area contributed by atoms with Crippen molar-refractivity contribution in [1.82, 2.24) is 0 Å². The molecule has 0 fully saturated rings. The summed E-state index contributed by atoms with van der Waals surface area (Å²) in [6.45, 7) is 1.36. The molecule has 0 spiro atoms. The summed E-state index contributed by atoms with van der Waals surface area (Å²) in [4.78, 5) is 23.7. The maximum atomic E-state index is 13.4. The van der Waals surface area contributed by atoms with Gasteiger partial charge >= 0.3 is 11.9 Å². The molecule has 2 rings (SSSR count). The molecule has 8 heteroatoms. The van der Waals surface area contributed by atoms with Gasteiger partial charge in [-0.15, -0.1) is 0 Å². The minimum Gasteiger partial charge on any atom is -0.468 e. The average molecular weight is 391 g/mol. The van der Waals surface area contributed by atoms with E-state index in [4.69, 9.17) is 4.74 Å². The molecular formula is C19H21NO6S. The first-order valence-corrected chi connectivity index (χ1v) is 9.65. The average Bonchev–Trinajstić information content (AvgIpc) is 2.70. The van der Waals surface area contributed by atoms with Crippen LogP contribution in [0.1, 0.15) is 22.8 Å². The Bertz CT molecular complexity index is 939. The van der Waals surface area contributed by atoms with E-state index in [0.717, 1.165) is 9.87 Å². The van der Waals surface area contributed by atoms with Gasteiger partial charge in [-0.2, -0.15) is 0 Å². The third kappa shape index (κ3) is 4.28. The van der Waals surface area contributed by atoms with Gasteiger partial charge in [0.05, 0.1) is 25.5 Å². The van der Waals surface area contributed by atoms with Crippen molar-refractivity contribution in [1.29, 1.82) is 0 Å². The van der Waals surface area contributed by atoms with E-state index >= 15 is 0 Å². The molecule has 2 aromatic rings. The van der Waals surface area contributed by atoms with Gasteiger partial charge in [-0.25, -0.2) is 13.2 Å². The predicted molar refractivity (Wildman–Crippen MR) is 100 cm³/mol. The number of benzene rings is 2. The second-order valence-electron chi connectivity index (χ2n) is 5.56. The highest BCUT2D eigenvalue weighted by molar-refractivity contribution is 7.93. The number of hydrogen-bond donors (Lipinski definition) is 0. The van der Waals surface area contributed by atoms with Crippen LogP contribution in [0.4, 0.5) is 5.69 Å². The zero-order valence-corrected chi connectivity index (χ0v) is 16.2. The topological polar surface area (TPSA) is 90.0 Å². The fraction of sp³-hybridized carbons (Fsp3) is 0.263. The molecule has 0 amide bonds. The summed E-state index contributed by atoms with van der Waals surface area (Å²) in [6.07, 6.45) is 0.558. The van der Waals surface area contributed by atoms with Crippen LogP contribution < -0.4 is 4.31 Å². The van der Waals surface area contributed by atoms with Gasteiger partial charge in [0.2, 0.25) is 0 Å². The molecule has 0 aliphatic rings. The Morgan fingerprint density at radius 2 is 1.59 bits per heavy atom. The molecule has 7 nitrogen and oxygen atoms in total. The summed E-state index contributed by atoms with van der Waals surface area (Å²) in [5.41, 5.74) is 0.981. The highest BCUT2D eigenvalue weighted by atomic mass is 32.2. The lowest BCUT2D eigenvalue weighted by atomic mass is 10.1. The Kier molecular flexibility index (Phi) is 6.57. The van der Waals surface area contributed by atoms with Crippen LogP contribution in [0.2, 0.25) is 0 Å². The molecule has 0 bridgehead atoms. The number of anilines is 1. The van der Waals surface area contributed by atoms with Gasteiger partial charge in [-0.05, 0) is 30.2 Å². The van der Waals surface area contributed by atoms with E-state index in [0.29, 0.717) is 12.1 Å². The van der Waals surface area contributed by atoms with E-state index < -0.39 is 28.5 Å². The smallest absolute Gasteiger partial charge is 0.339 e. The summed E-state index contributed by atoms with van der Waals surface area (Å²) >= 11 is 0. The van der Waals surface area contributed by atoms with E-state index in [1.165, 1.54) is 38.5 Å². The van der Waals surface area contributed by atoms with Crippen LogP contribution in [-0.4, -0.2) is 41.1 Å². The zero-order valence-electron chi connectivity index (χ0n) is 15.3. The normalized spacial score (nSPS) is 10.9. The van der Waals surface area contributed by atoms with Crippen LogP contribution in [0.3, 0.4) is 0 Å². The van der Waals surface area contributed by atoms with Crippen molar-refractivity contribution in [2.24, 2.45) is 0 Å². The number of hydrogen-bond acceptors (Lipinski definition) is 6. The molecule has 0 aliphatic heterocycles. The molecular weight excluding hydrogens is 370 g/mol. The fourth-order valence-corrected chi connectivity index (χ4v) is 4.25. The van der Waals surface area contributed by atoms with Crippen molar-refractivity contribution in [3.05, 3.63) is 59.7 Å². The molecule has 27 heavy (non-hydrogen) atoms. The summed E-state index contributed by atoms with van der Waals surface area (Å²) in [7, 11) is -1.89. The maximum Gasteiger partial charge on any atom is 0.339 e. The molecule has 0 aliphatic carbocycles. The molecule has 0 aromatic heterocycles. The number of aryl methyl sites for hydroxylation is 1. The molecule has 0 unspecified atom stereocenters. The number of carbonyl (C=O) groups excluding carboxylic acids is 2. The van der Waals surface area contributed by atoms with E-state index in [1.807, 2.05) is 6.92 Å². The third-order valence-corrected chi connectivity index (χ3v) is 5.82. The van der Waals surface area contributed by atoms with Gasteiger partial charge in [0.15, 0.2) is 0 Å². The standard InChI is InChI=1S/C19H21NO6S/c1-4-14-9-5-7-11-16(14)20(13-18(21)25-2)27(23,24)17-12-8-6-10-15(17)19(22)26-3/h5-12H,4,13H2,1-3H3. The Balaban J connectivity index is 2.69. The van der Waals surface area contributed by atoms with Gasteiger partial charge in [-0.3, -0.25) is 9.10 Å². The van der Waals surface area contributed by atoms with Crippen LogP contribution in [-0.2, 0) is 30.7 Å². The minimum absolute atomic E-state index is 0.108. The van der Waals surface area contributed by atoms with Gasteiger partial charge in [0.1, 0.15) is 11.4 Å². The van der Waals surface area contributed by atoms with Crippen LogP contribution in [0.25, 0.3) is 0 Å². The molecule has 0 heterocycles. The van der Waals surface area contributed by atoms with Crippen molar-refractivity contribution in [2.45, 2.75) is 18.2 Å². The number of esters is 2. The maximum absolute atomic E-state index is 13.4. The summed E-state index contributed by atoms with van der Waals surface area (Å²) in [6, 6.07) is 12.6. The number of nitrogens with zero attached hydrogens (tertiary/aromatic N) is 1. The lowest BCUT2D eigenvalue weighted by molar-refractivity contribution is -0.138. The van der Waals surface area contributed by atoms with E-state index in [2.05, 4.69) is 4.74 Å². The number of methoxy groups -OCH3 is 2. The van der Waals surface area contributed by atoms with Crippen molar-refractivity contribution in [3.8, 4) is 0 Å². The molecule has 0 atom stereocenters. The first kappa shape index (κ1) is 20.4. The Labute approximate surface area is 158 Å². The Hall–Kier alpha value is -2.87. The summed E-state index contributed by atoms with van der Waals surface area (Å²) in [5, 5.41) is 0. The SMILES string of the molecule is CCc1ccccc1N(CC(=O)OC)S(=O)(=O)c1ccccc1C(=O)OC. The highest BCUT2D eigenvalue weighted by Crippen LogP contribution is 2.29. The van der Waals surface area contributed by atoms with Crippen LogP contribution in [0.5, 0.6) is 0 Å². The van der Waals surface area contributed by atoms with Crippen molar-refractivity contribution in [3.63, 3.8) is 0 Å². The first-order chi connectivity index (χ1) is 12.9. The fourth-order valence-electron chi connectivity index (χ4n) is 2.62. The van der Waals surface area contributed by atoms with E-state index in [9.17, 15) is 18.0 Å². The number of ether oxygens (including phenoxy) is 2. The number of rotatable bonds is 7. The monoisotopic (exact) mass is 391 g/mol. The first-order valence-electron chi connectivity index (χ1n) is 8.21. The molecule has 2 aromatic carbocycles. The molecule has 144 valence electrons. The second kappa shape index (κ2) is 8.68. The molecule has 0 saturated carbocycles. The highest BCUT2D eigenvalue weighted by Gasteiger charge is 2.32. The second-order valence-corrected chi connectivity index (χ2v) is 7.39. The number of carbonyl (C=O) groups is 2. The summed E-state index contributed by atoms with van der Waals surface area (Å²) in [5.74, 6) is -1.50. The van der Waals surface area contributed by atoms with E-state index in [-0.39, 0.29) is 10.5 Å². The van der Waals surface area contributed by atoms with Crippen molar-refractivity contribution >= 4 is 27.6 Å². The Morgan fingerprint density at radius 3 is 2.22 bits per heavy atom. The van der Waals surface area contributed by atoms with Crippen LogP contribution >= 0.6 is 0 Å². The molecule has 0 saturated heterocycles. The lowest BCUT2D eigenvalue weighted by Gasteiger charge is -2.26.